The zero-order valence-corrected chi connectivity index (χ0v) is 30.4. The Kier molecular flexibility index (Phi) is 14.2. The fourth-order valence-corrected chi connectivity index (χ4v) is 6.05. The standard InChI is InChI=1S/C38H54N4O7/c1-25(2)31(41(8)37(48)35(38(4,5)6)39-36(47)30-11-9-10-20-40(30)7)21-26(3)32(44)24-49-23-28-14-12-27(13-15-28)16-17-29(43)22-42-33(45)18-19-34(42)46/h12-15,18-19,21,25,30-31,35H,9-11,16-17,20,22-24H2,1-8H3,(H,39,47)/b26-21+/t30?,31-,35-/m1/s1. The molecule has 1 unspecified atom stereocenters. The minimum atomic E-state index is -0.731. The van der Waals surface area contributed by atoms with Gasteiger partial charge in [-0.2, -0.15) is 0 Å². The molecule has 1 N–H and O–H groups in total. The summed E-state index contributed by atoms with van der Waals surface area (Å²) in [5, 5.41) is 3.06. The Morgan fingerprint density at radius 1 is 1.02 bits per heavy atom. The van der Waals surface area contributed by atoms with Crippen molar-refractivity contribution in [3.8, 4) is 0 Å². The Bertz CT molecular complexity index is 1420. The average Bonchev–Trinajstić information content (AvgIpc) is 3.36. The Hall–Kier alpha value is -3.96. The van der Waals surface area contributed by atoms with Crippen LogP contribution in [-0.2, 0) is 46.5 Å². The quantitative estimate of drug-likeness (QED) is 0.207. The molecule has 0 aromatic heterocycles. The van der Waals surface area contributed by atoms with Crippen molar-refractivity contribution in [2.75, 3.05) is 33.8 Å². The van der Waals surface area contributed by atoms with Crippen LogP contribution in [0.3, 0.4) is 0 Å². The van der Waals surface area contributed by atoms with E-state index in [0.717, 1.165) is 54.0 Å². The lowest BCUT2D eigenvalue weighted by Crippen LogP contribution is -2.59. The number of likely N-dealkylation sites (tertiary alicyclic amines) is 1. The maximum atomic E-state index is 13.9. The van der Waals surface area contributed by atoms with Crippen LogP contribution in [0.15, 0.2) is 48.1 Å². The molecular formula is C38H54N4O7. The molecule has 268 valence electrons. The number of hydrogen-bond donors (Lipinski definition) is 1. The monoisotopic (exact) mass is 678 g/mol. The normalized spacial score (nSPS) is 18.5. The second-order valence-corrected chi connectivity index (χ2v) is 14.7. The molecule has 2 aliphatic heterocycles. The molecule has 0 spiro atoms. The first kappa shape index (κ1) is 39.5. The predicted molar refractivity (Wildman–Crippen MR) is 187 cm³/mol. The lowest BCUT2D eigenvalue weighted by molar-refractivity contribution is -0.141. The number of hydrogen-bond acceptors (Lipinski definition) is 8. The molecule has 0 aliphatic carbocycles. The highest BCUT2D eigenvalue weighted by Gasteiger charge is 2.39. The maximum Gasteiger partial charge on any atom is 0.254 e. The summed E-state index contributed by atoms with van der Waals surface area (Å²) in [6, 6.07) is 6.15. The number of nitrogens with zero attached hydrogens (tertiary/aromatic N) is 3. The lowest BCUT2D eigenvalue weighted by Gasteiger charge is -2.39. The predicted octanol–water partition coefficient (Wildman–Crippen LogP) is 3.64. The van der Waals surface area contributed by atoms with Crippen LogP contribution in [0.4, 0.5) is 0 Å². The van der Waals surface area contributed by atoms with E-state index in [9.17, 15) is 28.8 Å². The largest absolute Gasteiger partial charge is 0.369 e. The van der Waals surface area contributed by atoms with Gasteiger partial charge in [-0.15, -0.1) is 0 Å². The lowest BCUT2D eigenvalue weighted by atomic mass is 9.84. The number of rotatable bonds is 16. The van der Waals surface area contributed by atoms with E-state index in [1.807, 2.05) is 72.0 Å². The first-order valence-electron chi connectivity index (χ1n) is 17.2. The molecule has 11 heteroatoms. The van der Waals surface area contributed by atoms with Crippen LogP contribution in [0.1, 0.15) is 78.4 Å². The summed E-state index contributed by atoms with van der Waals surface area (Å²) in [5.74, 6) is -1.64. The summed E-state index contributed by atoms with van der Waals surface area (Å²) in [7, 11) is 3.67. The fraction of sp³-hybridized carbons (Fsp3) is 0.579. The maximum absolute atomic E-state index is 13.9. The van der Waals surface area contributed by atoms with Gasteiger partial charge in [-0.3, -0.25) is 38.6 Å². The molecule has 0 bridgehead atoms. The van der Waals surface area contributed by atoms with Crippen LogP contribution in [0, 0.1) is 11.3 Å². The van der Waals surface area contributed by atoms with Crippen molar-refractivity contribution in [1.82, 2.24) is 20.0 Å². The Labute approximate surface area is 291 Å². The number of carbonyl (C=O) groups excluding carboxylic acids is 6. The molecule has 4 amide bonds. The number of nitrogens with one attached hydrogen (secondary N) is 1. The topological polar surface area (TPSA) is 133 Å². The van der Waals surface area contributed by atoms with Crippen molar-refractivity contribution in [2.45, 2.75) is 98.4 Å². The Balaban J connectivity index is 1.53. The van der Waals surface area contributed by atoms with Crippen LogP contribution >= 0.6 is 0 Å². The third-order valence-corrected chi connectivity index (χ3v) is 9.26. The molecule has 1 aromatic carbocycles. The van der Waals surface area contributed by atoms with E-state index in [4.69, 9.17) is 4.74 Å². The fourth-order valence-electron chi connectivity index (χ4n) is 6.05. The zero-order chi connectivity index (χ0) is 36.5. The Morgan fingerprint density at radius 3 is 2.20 bits per heavy atom. The van der Waals surface area contributed by atoms with Gasteiger partial charge >= 0.3 is 0 Å². The summed E-state index contributed by atoms with van der Waals surface area (Å²) in [6.07, 6.45) is 7.62. The molecule has 2 aliphatic rings. The number of likely N-dealkylation sites (N-methyl/N-ethyl adjacent to an activating group) is 2. The number of ketones is 2. The smallest absolute Gasteiger partial charge is 0.254 e. The molecule has 0 saturated carbocycles. The number of piperidine rings is 1. The van der Waals surface area contributed by atoms with E-state index in [0.29, 0.717) is 12.0 Å². The van der Waals surface area contributed by atoms with E-state index in [2.05, 4.69) is 10.2 Å². The van der Waals surface area contributed by atoms with Gasteiger partial charge in [0.05, 0.1) is 25.2 Å². The number of amides is 4. The van der Waals surface area contributed by atoms with Gasteiger partial charge in [0, 0.05) is 25.6 Å². The van der Waals surface area contributed by atoms with E-state index < -0.39 is 23.3 Å². The van der Waals surface area contributed by atoms with Gasteiger partial charge < -0.3 is 15.0 Å². The average molecular weight is 679 g/mol. The number of carbonyl (C=O) groups is 6. The molecule has 11 nitrogen and oxygen atoms in total. The van der Waals surface area contributed by atoms with Crippen molar-refractivity contribution in [3.05, 3.63) is 59.2 Å². The number of Topliss-reactive ketones (excluding diaryl/α,β-unsaturated/α-hetero) is 2. The number of aryl methyl sites for hydroxylation is 1. The number of benzene rings is 1. The van der Waals surface area contributed by atoms with Gasteiger partial charge in [0.2, 0.25) is 11.8 Å². The van der Waals surface area contributed by atoms with Gasteiger partial charge in [0.15, 0.2) is 11.6 Å². The van der Waals surface area contributed by atoms with E-state index in [1.165, 1.54) is 0 Å². The molecule has 1 aromatic rings. The first-order valence-corrected chi connectivity index (χ1v) is 17.2. The minimum absolute atomic E-state index is 0.00873. The molecule has 2 heterocycles. The molecule has 3 atom stereocenters. The molecule has 0 radical (unpaired) electrons. The van der Waals surface area contributed by atoms with E-state index >= 15 is 0 Å². The van der Waals surface area contributed by atoms with Gasteiger partial charge in [0.1, 0.15) is 12.6 Å². The van der Waals surface area contributed by atoms with Gasteiger partial charge in [-0.1, -0.05) is 71.4 Å². The highest BCUT2D eigenvalue weighted by Crippen LogP contribution is 2.25. The Morgan fingerprint density at radius 2 is 1.63 bits per heavy atom. The van der Waals surface area contributed by atoms with E-state index in [1.54, 1.807) is 18.9 Å². The number of imide groups is 1. The minimum Gasteiger partial charge on any atom is -0.369 e. The second-order valence-electron chi connectivity index (χ2n) is 14.7. The number of ether oxygens (including phenoxy) is 1. The third kappa shape index (κ3) is 11.3. The van der Waals surface area contributed by atoms with Crippen molar-refractivity contribution in [3.63, 3.8) is 0 Å². The summed E-state index contributed by atoms with van der Waals surface area (Å²) >= 11 is 0. The van der Waals surface area contributed by atoms with Gasteiger partial charge in [-0.05, 0) is 67.8 Å². The van der Waals surface area contributed by atoms with E-state index in [-0.39, 0.29) is 67.6 Å². The van der Waals surface area contributed by atoms with Crippen LogP contribution in [0.5, 0.6) is 0 Å². The summed E-state index contributed by atoms with van der Waals surface area (Å²) in [4.78, 5) is 80.5. The third-order valence-electron chi connectivity index (χ3n) is 9.26. The molecule has 3 rings (SSSR count). The van der Waals surface area contributed by atoms with Crippen molar-refractivity contribution < 1.29 is 33.5 Å². The first-order chi connectivity index (χ1) is 23.0. The molecule has 49 heavy (non-hydrogen) atoms. The van der Waals surface area contributed by atoms with Crippen LogP contribution in [0.25, 0.3) is 0 Å². The highest BCUT2D eigenvalue weighted by atomic mass is 16.5. The summed E-state index contributed by atoms with van der Waals surface area (Å²) < 4.78 is 5.73. The van der Waals surface area contributed by atoms with Crippen LogP contribution < -0.4 is 5.32 Å². The van der Waals surface area contributed by atoms with Gasteiger partial charge in [-0.25, -0.2) is 0 Å². The summed E-state index contributed by atoms with van der Waals surface area (Å²) in [5.41, 5.74) is 1.76. The second kappa shape index (κ2) is 17.6. The molecule has 1 fully saturated rings. The van der Waals surface area contributed by atoms with Crippen molar-refractivity contribution >= 4 is 35.2 Å². The van der Waals surface area contributed by atoms with Crippen LogP contribution in [0.2, 0.25) is 0 Å². The zero-order valence-electron chi connectivity index (χ0n) is 30.4. The molecular weight excluding hydrogens is 624 g/mol. The summed E-state index contributed by atoms with van der Waals surface area (Å²) in [6.45, 7) is 12.3. The SMILES string of the molecule is C/C(=C\[C@H](C(C)C)N(C)C(=O)[C@@H](NC(=O)C1CCCCN1C)C(C)(C)C)C(=O)COCc1ccc(CCC(=O)CN2C(=O)C=CC2=O)cc1. The van der Waals surface area contributed by atoms with Crippen molar-refractivity contribution in [2.24, 2.45) is 11.3 Å². The highest BCUT2D eigenvalue weighted by molar-refractivity contribution is 6.14. The van der Waals surface area contributed by atoms with Crippen molar-refractivity contribution in [1.29, 1.82) is 0 Å². The van der Waals surface area contributed by atoms with Gasteiger partial charge in [0.25, 0.3) is 11.8 Å². The molecule has 1 saturated heterocycles. The van der Waals surface area contributed by atoms with Crippen LogP contribution in [-0.4, -0.2) is 102 Å².